The van der Waals surface area contributed by atoms with E-state index >= 15 is 0 Å². The first-order chi connectivity index (χ1) is 13.1. The average Bonchev–Trinajstić information content (AvgIpc) is 2.71. The zero-order chi connectivity index (χ0) is 18.8. The molecule has 1 aromatic carbocycles. The molecule has 27 heavy (non-hydrogen) atoms. The van der Waals surface area contributed by atoms with Crippen molar-refractivity contribution < 1.29 is 0 Å². The van der Waals surface area contributed by atoms with Gasteiger partial charge < -0.3 is 10.2 Å². The Morgan fingerprint density at radius 1 is 1.19 bits per heavy atom. The van der Waals surface area contributed by atoms with E-state index < -0.39 is 0 Å². The summed E-state index contributed by atoms with van der Waals surface area (Å²) in [5.74, 6) is 0.636. The number of hydrogen-bond donors (Lipinski definition) is 1. The standard InChI is InChI=1S/C19H19ClN6O/c1-25-18(27)10-16(15-6-7-21-12-23-15)24-19(25)26-9-8-22-17(11-26)13-2-4-14(20)5-3-13/h2-7,10,12,17,22H,8-9,11H2,1H3/t17-/m0/s1. The lowest BCUT2D eigenvalue weighted by Gasteiger charge is -2.35. The van der Waals surface area contributed by atoms with Crippen LogP contribution >= 0.6 is 11.6 Å². The minimum Gasteiger partial charge on any atom is -0.339 e. The fourth-order valence-corrected chi connectivity index (χ4v) is 3.36. The van der Waals surface area contributed by atoms with E-state index in [2.05, 4.69) is 20.2 Å². The molecular weight excluding hydrogens is 364 g/mol. The number of benzene rings is 1. The third-order valence-corrected chi connectivity index (χ3v) is 4.94. The zero-order valence-corrected chi connectivity index (χ0v) is 15.6. The highest BCUT2D eigenvalue weighted by atomic mass is 35.5. The molecule has 3 heterocycles. The smallest absolute Gasteiger partial charge is 0.255 e. The molecule has 0 amide bonds. The molecule has 0 saturated carbocycles. The number of nitrogens with zero attached hydrogens (tertiary/aromatic N) is 5. The van der Waals surface area contributed by atoms with Crippen molar-refractivity contribution in [1.29, 1.82) is 0 Å². The van der Waals surface area contributed by atoms with Crippen LogP contribution in [0.1, 0.15) is 11.6 Å². The van der Waals surface area contributed by atoms with Gasteiger partial charge in [-0.3, -0.25) is 9.36 Å². The first-order valence-electron chi connectivity index (χ1n) is 8.70. The maximum Gasteiger partial charge on any atom is 0.255 e. The maximum absolute atomic E-state index is 12.5. The molecule has 1 N–H and O–H groups in total. The minimum absolute atomic E-state index is 0.116. The Morgan fingerprint density at radius 3 is 2.74 bits per heavy atom. The van der Waals surface area contributed by atoms with E-state index in [9.17, 15) is 4.79 Å². The zero-order valence-electron chi connectivity index (χ0n) is 14.8. The minimum atomic E-state index is -0.116. The van der Waals surface area contributed by atoms with Crippen molar-refractivity contribution >= 4 is 17.5 Å². The molecule has 1 saturated heterocycles. The van der Waals surface area contributed by atoms with Crippen LogP contribution in [0, 0.1) is 0 Å². The Hall–Kier alpha value is -2.77. The molecule has 138 valence electrons. The number of nitrogens with one attached hydrogen (secondary N) is 1. The second-order valence-electron chi connectivity index (χ2n) is 6.44. The second kappa shape index (κ2) is 7.46. The van der Waals surface area contributed by atoms with Crippen LogP contribution in [0.3, 0.4) is 0 Å². The molecule has 0 aliphatic carbocycles. The summed E-state index contributed by atoms with van der Waals surface area (Å²) in [7, 11) is 1.74. The van der Waals surface area contributed by atoms with Gasteiger partial charge in [0.05, 0.1) is 11.4 Å². The molecule has 1 atom stereocenters. The Morgan fingerprint density at radius 2 is 2.00 bits per heavy atom. The van der Waals surface area contributed by atoms with Crippen molar-refractivity contribution in [2.45, 2.75) is 6.04 Å². The van der Waals surface area contributed by atoms with E-state index in [1.165, 1.54) is 12.4 Å². The molecule has 0 bridgehead atoms. The molecule has 0 radical (unpaired) electrons. The van der Waals surface area contributed by atoms with Gasteiger partial charge >= 0.3 is 0 Å². The molecule has 1 fully saturated rings. The van der Waals surface area contributed by atoms with Gasteiger partial charge in [-0.25, -0.2) is 15.0 Å². The van der Waals surface area contributed by atoms with E-state index in [0.29, 0.717) is 28.9 Å². The lowest BCUT2D eigenvalue weighted by Crippen LogP contribution is -2.47. The summed E-state index contributed by atoms with van der Waals surface area (Å²) in [5, 5.41) is 4.23. The monoisotopic (exact) mass is 382 g/mol. The Labute approximate surface area is 161 Å². The van der Waals surface area contributed by atoms with Gasteiger partial charge in [0.25, 0.3) is 5.56 Å². The van der Waals surface area contributed by atoms with Crippen molar-refractivity contribution in [3.8, 4) is 11.4 Å². The summed E-state index contributed by atoms with van der Waals surface area (Å²) in [6.45, 7) is 2.26. The van der Waals surface area contributed by atoms with Crippen molar-refractivity contribution in [2.75, 3.05) is 24.5 Å². The largest absolute Gasteiger partial charge is 0.339 e. The van der Waals surface area contributed by atoms with E-state index in [4.69, 9.17) is 16.6 Å². The third kappa shape index (κ3) is 3.70. The van der Waals surface area contributed by atoms with Gasteiger partial charge in [0, 0.05) is 50.0 Å². The molecule has 0 spiro atoms. The van der Waals surface area contributed by atoms with Crippen LogP contribution in [-0.2, 0) is 7.05 Å². The highest BCUT2D eigenvalue weighted by Gasteiger charge is 2.24. The van der Waals surface area contributed by atoms with Crippen LogP contribution in [0.15, 0.2) is 53.7 Å². The van der Waals surface area contributed by atoms with Crippen molar-refractivity contribution in [3.63, 3.8) is 0 Å². The second-order valence-corrected chi connectivity index (χ2v) is 6.87. The van der Waals surface area contributed by atoms with Gasteiger partial charge in [0.15, 0.2) is 0 Å². The first kappa shape index (κ1) is 17.6. The van der Waals surface area contributed by atoms with Crippen molar-refractivity contribution in [1.82, 2.24) is 24.8 Å². The topological polar surface area (TPSA) is 75.9 Å². The highest BCUT2D eigenvalue weighted by molar-refractivity contribution is 6.30. The molecule has 4 rings (SSSR count). The number of halogens is 1. The fourth-order valence-electron chi connectivity index (χ4n) is 3.23. The number of aromatic nitrogens is 4. The van der Waals surface area contributed by atoms with E-state index in [-0.39, 0.29) is 11.6 Å². The van der Waals surface area contributed by atoms with Gasteiger partial charge in [-0.1, -0.05) is 23.7 Å². The number of hydrogen-bond acceptors (Lipinski definition) is 6. The van der Waals surface area contributed by atoms with Crippen LogP contribution < -0.4 is 15.8 Å². The lowest BCUT2D eigenvalue weighted by atomic mass is 10.0. The summed E-state index contributed by atoms with van der Waals surface area (Å²) >= 11 is 6.00. The predicted molar refractivity (Wildman–Crippen MR) is 105 cm³/mol. The molecule has 8 heteroatoms. The maximum atomic E-state index is 12.5. The van der Waals surface area contributed by atoms with Gasteiger partial charge in [-0.05, 0) is 23.8 Å². The van der Waals surface area contributed by atoms with Crippen molar-refractivity contribution in [3.05, 3.63) is 69.9 Å². The average molecular weight is 383 g/mol. The quantitative estimate of drug-likeness (QED) is 0.747. The van der Waals surface area contributed by atoms with Gasteiger partial charge in [-0.15, -0.1) is 0 Å². The molecule has 3 aromatic rings. The van der Waals surface area contributed by atoms with E-state index in [1.807, 2.05) is 24.3 Å². The van der Waals surface area contributed by atoms with Gasteiger partial charge in [0.2, 0.25) is 5.95 Å². The van der Waals surface area contributed by atoms with Crippen LogP contribution in [0.4, 0.5) is 5.95 Å². The summed E-state index contributed by atoms with van der Waals surface area (Å²) in [5.41, 5.74) is 2.22. The van der Waals surface area contributed by atoms with Crippen LogP contribution in [0.5, 0.6) is 0 Å². The Bertz CT molecular complexity index is 989. The lowest BCUT2D eigenvalue weighted by molar-refractivity contribution is 0.462. The SMILES string of the molecule is Cn1c(N2CCN[C@H](c3ccc(Cl)cc3)C2)nc(-c2ccncn2)cc1=O. The summed E-state index contributed by atoms with van der Waals surface area (Å²) in [6, 6.07) is 11.2. The van der Waals surface area contributed by atoms with Gasteiger partial charge in [0.1, 0.15) is 6.33 Å². The summed E-state index contributed by atoms with van der Waals surface area (Å²) in [6.07, 6.45) is 3.10. The number of rotatable bonds is 3. The Kier molecular flexibility index (Phi) is 4.87. The summed E-state index contributed by atoms with van der Waals surface area (Å²) in [4.78, 5) is 27.5. The molecule has 2 aromatic heterocycles. The van der Waals surface area contributed by atoms with E-state index in [0.717, 1.165) is 18.7 Å². The first-order valence-corrected chi connectivity index (χ1v) is 9.08. The normalized spacial score (nSPS) is 17.1. The van der Waals surface area contributed by atoms with Crippen LogP contribution in [0.25, 0.3) is 11.4 Å². The Balaban J connectivity index is 1.67. The number of anilines is 1. The van der Waals surface area contributed by atoms with Gasteiger partial charge in [-0.2, -0.15) is 0 Å². The summed E-state index contributed by atoms with van der Waals surface area (Å²) < 4.78 is 1.58. The van der Waals surface area contributed by atoms with Crippen LogP contribution in [-0.4, -0.2) is 39.2 Å². The van der Waals surface area contributed by atoms with E-state index in [1.54, 1.807) is 23.9 Å². The molecule has 0 unspecified atom stereocenters. The van der Waals surface area contributed by atoms with Crippen LogP contribution in [0.2, 0.25) is 5.02 Å². The third-order valence-electron chi connectivity index (χ3n) is 4.69. The molecule has 7 nitrogen and oxygen atoms in total. The highest BCUT2D eigenvalue weighted by Crippen LogP contribution is 2.23. The molecule has 1 aliphatic rings. The molecule has 1 aliphatic heterocycles. The van der Waals surface area contributed by atoms with Crippen molar-refractivity contribution in [2.24, 2.45) is 7.05 Å². The predicted octanol–water partition coefficient (Wildman–Crippen LogP) is 2.04. The molecular formula is C19H19ClN6O. The fraction of sp³-hybridized carbons (Fsp3) is 0.263. The number of piperazine rings is 1.